The predicted octanol–water partition coefficient (Wildman–Crippen LogP) is -2.01. The number of carboxylic acids is 3. The predicted molar refractivity (Wildman–Crippen MR) is 67.3 cm³/mol. The molecule has 0 saturated carbocycles. The fourth-order valence-corrected chi connectivity index (χ4v) is 2.51. The van der Waals surface area contributed by atoms with Crippen molar-refractivity contribution in [2.75, 3.05) is 26.2 Å². The van der Waals surface area contributed by atoms with Gasteiger partial charge in [0.15, 0.2) is 0 Å². The molecule has 1 aliphatic rings. The molecule has 0 aromatic carbocycles. The number of nitrogens with one attached hydrogen (secondary N) is 1. The van der Waals surface area contributed by atoms with Crippen LogP contribution in [0.4, 0.5) is 0 Å². The van der Waals surface area contributed by atoms with Crippen LogP contribution in [0.1, 0.15) is 12.8 Å². The molecule has 6 N–H and O–H groups in total. The molecular formula is C11H19N3O6. The molecule has 9 heteroatoms. The minimum absolute atomic E-state index is 0.0621. The van der Waals surface area contributed by atoms with E-state index in [4.69, 9.17) is 21.1 Å². The van der Waals surface area contributed by atoms with Crippen molar-refractivity contribution in [3.63, 3.8) is 0 Å². The number of hydrogen-bond donors (Lipinski definition) is 5. The van der Waals surface area contributed by atoms with Crippen molar-refractivity contribution < 1.29 is 29.7 Å². The second-order valence-electron chi connectivity index (χ2n) is 5.03. The standard InChI is InChI=1S/C11H19N3O6/c12-7-3-13-6-11(1-8(15)16,2-9(17)18)14(4-7)5-10(19)20/h7,13H,1-6,12H2,(H,15,16)(H,17,18)(H,19,20). The average molecular weight is 289 g/mol. The van der Waals surface area contributed by atoms with Gasteiger partial charge in [-0.1, -0.05) is 0 Å². The van der Waals surface area contributed by atoms with Gasteiger partial charge in [-0.3, -0.25) is 19.3 Å². The third kappa shape index (κ3) is 4.44. The van der Waals surface area contributed by atoms with Gasteiger partial charge < -0.3 is 26.4 Å². The van der Waals surface area contributed by atoms with Crippen molar-refractivity contribution in [3.8, 4) is 0 Å². The Morgan fingerprint density at radius 3 is 2.15 bits per heavy atom. The van der Waals surface area contributed by atoms with Gasteiger partial charge >= 0.3 is 17.9 Å². The molecule has 1 aliphatic heterocycles. The molecule has 0 spiro atoms. The van der Waals surface area contributed by atoms with Crippen LogP contribution in [0.2, 0.25) is 0 Å². The van der Waals surface area contributed by atoms with Crippen molar-refractivity contribution in [1.29, 1.82) is 0 Å². The number of rotatable bonds is 6. The third-order valence-corrected chi connectivity index (χ3v) is 3.27. The Morgan fingerprint density at radius 2 is 1.70 bits per heavy atom. The fourth-order valence-electron chi connectivity index (χ4n) is 2.51. The van der Waals surface area contributed by atoms with Gasteiger partial charge in [-0.25, -0.2) is 0 Å². The van der Waals surface area contributed by atoms with E-state index in [1.54, 1.807) is 0 Å². The van der Waals surface area contributed by atoms with Gasteiger partial charge in [-0.15, -0.1) is 0 Å². The number of hydrogen-bond acceptors (Lipinski definition) is 6. The molecule has 20 heavy (non-hydrogen) atoms. The van der Waals surface area contributed by atoms with Crippen LogP contribution in [-0.4, -0.2) is 75.9 Å². The summed E-state index contributed by atoms with van der Waals surface area (Å²) in [6, 6.07) is -0.390. The van der Waals surface area contributed by atoms with Crippen molar-refractivity contribution in [3.05, 3.63) is 0 Å². The zero-order chi connectivity index (χ0) is 15.3. The van der Waals surface area contributed by atoms with E-state index in [1.807, 2.05) is 0 Å². The number of carboxylic acid groups (broad SMARTS) is 3. The summed E-state index contributed by atoms with van der Waals surface area (Å²) in [6.45, 7) is 0.111. The van der Waals surface area contributed by atoms with Gasteiger partial charge in [-0.2, -0.15) is 0 Å². The summed E-state index contributed by atoms with van der Waals surface area (Å²) in [5.74, 6) is -3.52. The maximum atomic E-state index is 11.1. The van der Waals surface area contributed by atoms with Crippen LogP contribution in [-0.2, 0) is 14.4 Å². The Balaban J connectivity index is 3.11. The molecule has 9 nitrogen and oxygen atoms in total. The van der Waals surface area contributed by atoms with Gasteiger partial charge in [0.1, 0.15) is 0 Å². The zero-order valence-electron chi connectivity index (χ0n) is 10.9. The van der Waals surface area contributed by atoms with Gasteiger partial charge in [0.05, 0.1) is 24.9 Å². The topological polar surface area (TPSA) is 153 Å². The lowest BCUT2D eigenvalue weighted by Crippen LogP contribution is -2.57. The second-order valence-corrected chi connectivity index (χ2v) is 5.03. The quantitative estimate of drug-likeness (QED) is 0.373. The number of aliphatic carboxylic acids is 3. The summed E-state index contributed by atoms with van der Waals surface area (Å²) in [5, 5.41) is 29.9. The Labute approximate surface area is 115 Å². The minimum Gasteiger partial charge on any atom is -0.481 e. The summed E-state index contributed by atoms with van der Waals surface area (Å²) in [6.07, 6.45) is -0.932. The summed E-state index contributed by atoms with van der Waals surface area (Å²) in [5.41, 5.74) is 4.49. The largest absolute Gasteiger partial charge is 0.481 e. The van der Waals surface area contributed by atoms with Crippen LogP contribution < -0.4 is 11.1 Å². The number of nitrogens with two attached hydrogens (primary N) is 1. The van der Waals surface area contributed by atoms with Crippen LogP contribution >= 0.6 is 0 Å². The number of nitrogens with zero attached hydrogens (tertiary/aromatic N) is 1. The minimum atomic E-state index is -1.30. The highest BCUT2D eigenvalue weighted by Gasteiger charge is 2.43. The maximum absolute atomic E-state index is 11.1. The molecule has 1 atom stereocenters. The van der Waals surface area contributed by atoms with E-state index in [1.165, 1.54) is 4.90 Å². The first-order valence-corrected chi connectivity index (χ1v) is 6.12. The molecule has 0 amide bonds. The summed E-state index contributed by atoms with van der Waals surface area (Å²) in [4.78, 5) is 34.4. The molecule has 1 heterocycles. The third-order valence-electron chi connectivity index (χ3n) is 3.27. The van der Waals surface area contributed by atoms with E-state index in [9.17, 15) is 14.4 Å². The van der Waals surface area contributed by atoms with E-state index in [0.717, 1.165) is 0 Å². The SMILES string of the molecule is NC1CNCC(CC(=O)O)(CC(=O)O)N(CC(=O)O)C1. The first-order valence-electron chi connectivity index (χ1n) is 6.12. The smallest absolute Gasteiger partial charge is 0.317 e. The van der Waals surface area contributed by atoms with Crippen molar-refractivity contribution >= 4 is 17.9 Å². The van der Waals surface area contributed by atoms with Gasteiger partial charge in [-0.05, 0) is 0 Å². The Hall–Kier alpha value is -1.71. The maximum Gasteiger partial charge on any atom is 0.317 e. The zero-order valence-corrected chi connectivity index (χ0v) is 10.9. The molecule has 0 aliphatic carbocycles. The second kappa shape index (κ2) is 6.64. The molecule has 1 unspecified atom stereocenters. The normalized spacial score (nSPS) is 22.9. The Morgan fingerprint density at radius 1 is 1.15 bits per heavy atom. The van der Waals surface area contributed by atoms with Crippen molar-refractivity contribution in [2.45, 2.75) is 24.4 Å². The first-order chi connectivity index (χ1) is 9.25. The summed E-state index contributed by atoms with van der Waals surface area (Å²) in [7, 11) is 0. The van der Waals surface area contributed by atoms with Crippen LogP contribution in [0, 0.1) is 0 Å². The van der Waals surface area contributed by atoms with Gasteiger partial charge in [0.2, 0.25) is 0 Å². The van der Waals surface area contributed by atoms with Crippen LogP contribution in [0.15, 0.2) is 0 Å². The fraction of sp³-hybridized carbons (Fsp3) is 0.727. The highest BCUT2D eigenvalue weighted by molar-refractivity contribution is 5.74. The first kappa shape index (κ1) is 16.3. The molecule has 0 aromatic heterocycles. The molecule has 1 fully saturated rings. The summed E-state index contributed by atoms with van der Waals surface area (Å²) < 4.78 is 0. The van der Waals surface area contributed by atoms with Gasteiger partial charge in [0.25, 0.3) is 0 Å². The number of carbonyl (C=O) groups is 3. The molecule has 0 aromatic rings. The Bertz CT molecular complexity index is 384. The monoisotopic (exact) mass is 289 g/mol. The van der Waals surface area contributed by atoms with Gasteiger partial charge in [0, 0.05) is 25.7 Å². The van der Waals surface area contributed by atoms with E-state index < -0.39 is 42.8 Å². The Kier molecular flexibility index (Phi) is 5.43. The molecule has 1 rings (SSSR count). The highest BCUT2D eigenvalue weighted by atomic mass is 16.4. The van der Waals surface area contributed by atoms with E-state index in [2.05, 4.69) is 5.32 Å². The summed E-state index contributed by atoms with van der Waals surface area (Å²) >= 11 is 0. The van der Waals surface area contributed by atoms with Crippen LogP contribution in [0.25, 0.3) is 0 Å². The van der Waals surface area contributed by atoms with Crippen LogP contribution in [0.5, 0.6) is 0 Å². The molecular weight excluding hydrogens is 270 g/mol. The lowest BCUT2D eigenvalue weighted by atomic mass is 9.88. The van der Waals surface area contributed by atoms with E-state index >= 15 is 0 Å². The lowest BCUT2D eigenvalue weighted by Gasteiger charge is -2.40. The molecule has 1 saturated heterocycles. The molecule has 0 bridgehead atoms. The average Bonchev–Trinajstić information content (AvgIpc) is 2.37. The van der Waals surface area contributed by atoms with Crippen LogP contribution in [0.3, 0.4) is 0 Å². The lowest BCUT2D eigenvalue weighted by molar-refractivity contribution is -0.149. The molecule has 0 radical (unpaired) electrons. The van der Waals surface area contributed by atoms with Crippen molar-refractivity contribution in [1.82, 2.24) is 10.2 Å². The van der Waals surface area contributed by atoms with E-state index in [-0.39, 0.29) is 19.1 Å². The van der Waals surface area contributed by atoms with E-state index in [0.29, 0.717) is 6.54 Å². The van der Waals surface area contributed by atoms with Crippen molar-refractivity contribution in [2.24, 2.45) is 5.73 Å². The molecule has 114 valence electrons. The highest BCUT2D eigenvalue weighted by Crippen LogP contribution is 2.26.